The Morgan fingerprint density at radius 1 is 1.36 bits per heavy atom. The van der Waals surface area contributed by atoms with E-state index in [2.05, 4.69) is 13.8 Å². The van der Waals surface area contributed by atoms with Gasteiger partial charge in [0.1, 0.15) is 5.78 Å². The Hall–Kier alpha value is -0.370. The molecule has 1 unspecified atom stereocenters. The molecule has 1 fully saturated rings. The van der Waals surface area contributed by atoms with Crippen molar-refractivity contribution in [3.05, 3.63) is 0 Å². The largest absolute Gasteiger partial charge is 0.392 e. The fraction of sp³-hybridized carbons (Fsp3) is 0.917. The normalized spacial score (nSPS) is 26.5. The van der Waals surface area contributed by atoms with Gasteiger partial charge in [0.25, 0.3) is 0 Å². The number of aliphatic hydroxyl groups excluding tert-OH is 1. The lowest BCUT2D eigenvalue weighted by Crippen LogP contribution is -2.45. The quantitative estimate of drug-likeness (QED) is 0.754. The highest BCUT2D eigenvalue weighted by atomic mass is 16.3. The summed E-state index contributed by atoms with van der Waals surface area (Å²) in [5.41, 5.74) is -0.387. The second-order valence-electron chi connectivity index (χ2n) is 4.49. The Morgan fingerprint density at radius 3 is 2.36 bits per heavy atom. The molecule has 0 aromatic heterocycles. The van der Waals surface area contributed by atoms with Crippen LogP contribution in [-0.4, -0.2) is 17.0 Å². The number of aliphatic hydroxyl groups is 1. The van der Waals surface area contributed by atoms with Crippen LogP contribution in [-0.2, 0) is 4.79 Å². The highest BCUT2D eigenvalue weighted by Crippen LogP contribution is 2.41. The van der Waals surface area contributed by atoms with Crippen LogP contribution in [0.1, 0.15) is 58.8 Å². The van der Waals surface area contributed by atoms with Crippen molar-refractivity contribution in [2.45, 2.75) is 64.9 Å². The van der Waals surface area contributed by atoms with Crippen molar-refractivity contribution in [3.8, 4) is 0 Å². The van der Waals surface area contributed by atoms with Crippen molar-refractivity contribution < 1.29 is 9.90 Å². The SMILES string of the molecule is CCCC1(CCC)C(=O)CCCC1O. The molecule has 0 aromatic rings. The number of ketones is 1. The first-order chi connectivity index (χ1) is 6.67. The van der Waals surface area contributed by atoms with Crippen molar-refractivity contribution in [2.75, 3.05) is 0 Å². The summed E-state index contributed by atoms with van der Waals surface area (Å²) >= 11 is 0. The lowest BCUT2D eigenvalue weighted by atomic mass is 9.66. The third-order valence-corrected chi connectivity index (χ3v) is 3.47. The van der Waals surface area contributed by atoms with E-state index in [0.29, 0.717) is 12.2 Å². The summed E-state index contributed by atoms with van der Waals surface area (Å²) in [5.74, 6) is 0.306. The van der Waals surface area contributed by atoms with E-state index in [9.17, 15) is 9.90 Å². The van der Waals surface area contributed by atoms with Gasteiger partial charge in [-0.15, -0.1) is 0 Å². The van der Waals surface area contributed by atoms with E-state index < -0.39 is 0 Å². The van der Waals surface area contributed by atoms with Gasteiger partial charge in [-0.1, -0.05) is 26.7 Å². The minimum absolute atomic E-state index is 0.306. The Morgan fingerprint density at radius 2 is 1.93 bits per heavy atom. The van der Waals surface area contributed by atoms with Crippen molar-refractivity contribution in [1.29, 1.82) is 0 Å². The standard InChI is InChI=1S/C12H22O2/c1-3-8-12(9-4-2)10(13)6-5-7-11(12)14/h10,13H,3-9H2,1-2H3. The van der Waals surface area contributed by atoms with Crippen LogP contribution in [0.5, 0.6) is 0 Å². The summed E-state index contributed by atoms with van der Waals surface area (Å²) < 4.78 is 0. The Kier molecular flexibility index (Phi) is 4.11. The van der Waals surface area contributed by atoms with Crippen molar-refractivity contribution in [1.82, 2.24) is 0 Å². The predicted octanol–water partition coefficient (Wildman–Crippen LogP) is 2.69. The first-order valence-corrected chi connectivity index (χ1v) is 5.88. The molecule has 2 nitrogen and oxygen atoms in total. The lowest BCUT2D eigenvalue weighted by molar-refractivity contribution is -0.142. The first kappa shape index (κ1) is 11.7. The number of rotatable bonds is 4. The molecule has 1 atom stereocenters. The van der Waals surface area contributed by atoms with Crippen LogP contribution >= 0.6 is 0 Å². The average molecular weight is 198 g/mol. The van der Waals surface area contributed by atoms with Crippen LogP contribution < -0.4 is 0 Å². The number of carbonyl (C=O) groups excluding carboxylic acids is 1. The molecule has 0 amide bonds. The molecule has 0 saturated heterocycles. The van der Waals surface area contributed by atoms with Gasteiger partial charge in [0.2, 0.25) is 0 Å². The Bertz CT molecular complexity index is 192. The van der Waals surface area contributed by atoms with Gasteiger partial charge in [-0.2, -0.15) is 0 Å². The van der Waals surface area contributed by atoms with E-state index in [4.69, 9.17) is 0 Å². The van der Waals surface area contributed by atoms with Crippen molar-refractivity contribution in [3.63, 3.8) is 0 Å². The van der Waals surface area contributed by atoms with E-state index in [1.165, 1.54) is 0 Å². The zero-order chi connectivity index (χ0) is 10.6. The molecule has 0 bridgehead atoms. The second kappa shape index (κ2) is 4.92. The molecule has 1 aliphatic carbocycles. The predicted molar refractivity (Wildman–Crippen MR) is 57.1 cm³/mol. The third kappa shape index (κ3) is 2.00. The summed E-state index contributed by atoms with van der Waals surface area (Å²) in [4.78, 5) is 11.9. The first-order valence-electron chi connectivity index (χ1n) is 5.88. The van der Waals surface area contributed by atoms with Gasteiger partial charge in [0.05, 0.1) is 11.5 Å². The summed E-state index contributed by atoms with van der Waals surface area (Å²) in [5, 5.41) is 10.0. The van der Waals surface area contributed by atoms with E-state index in [1.807, 2.05) is 0 Å². The number of hydrogen-bond acceptors (Lipinski definition) is 2. The number of hydrogen-bond donors (Lipinski definition) is 1. The molecule has 1 saturated carbocycles. The molecule has 0 spiro atoms. The Balaban J connectivity index is 2.83. The van der Waals surface area contributed by atoms with Crippen LogP contribution in [0, 0.1) is 5.41 Å². The zero-order valence-electron chi connectivity index (χ0n) is 9.38. The molecule has 0 aliphatic heterocycles. The van der Waals surface area contributed by atoms with Gasteiger partial charge >= 0.3 is 0 Å². The van der Waals surface area contributed by atoms with Gasteiger partial charge in [-0.05, 0) is 25.7 Å². The van der Waals surface area contributed by atoms with E-state index in [-0.39, 0.29) is 11.5 Å². The minimum Gasteiger partial charge on any atom is -0.392 e. The highest BCUT2D eigenvalue weighted by molar-refractivity contribution is 5.86. The topological polar surface area (TPSA) is 37.3 Å². The van der Waals surface area contributed by atoms with Gasteiger partial charge in [-0.3, -0.25) is 4.79 Å². The molecular formula is C12H22O2. The molecule has 0 radical (unpaired) electrons. The molecule has 0 heterocycles. The average Bonchev–Trinajstić information content (AvgIpc) is 2.15. The number of Topliss-reactive ketones (excluding diaryl/α,β-unsaturated/α-hetero) is 1. The van der Waals surface area contributed by atoms with Gasteiger partial charge in [-0.25, -0.2) is 0 Å². The molecule has 14 heavy (non-hydrogen) atoms. The minimum atomic E-state index is -0.387. The maximum Gasteiger partial charge on any atom is 0.141 e. The number of carbonyl (C=O) groups is 1. The zero-order valence-corrected chi connectivity index (χ0v) is 9.38. The summed E-state index contributed by atoms with van der Waals surface area (Å²) in [6, 6.07) is 0. The van der Waals surface area contributed by atoms with E-state index >= 15 is 0 Å². The van der Waals surface area contributed by atoms with Crippen molar-refractivity contribution in [2.24, 2.45) is 5.41 Å². The van der Waals surface area contributed by atoms with Crippen molar-refractivity contribution >= 4 is 5.78 Å². The molecular weight excluding hydrogens is 176 g/mol. The fourth-order valence-electron chi connectivity index (χ4n) is 2.80. The van der Waals surface area contributed by atoms with E-state index in [0.717, 1.165) is 38.5 Å². The molecule has 82 valence electrons. The third-order valence-electron chi connectivity index (χ3n) is 3.47. The molecule has 1 rings (SSSR count). The highest BCUT2D eigenvalue weighted by Gasteiger charge is 2.44. The van der Waals surface area contributed by atoms with Crippen LogP contribution in [0.2, 0.25) is 0 Å². The van der Waals surface area contributed by atoms with Crippen LogP contribution in [0.3, 0.4) is 0 Å². The fourth-order valence-corrected chi connectivity index (χ4v) is 2.80. The molecule has 2 heteroatoms. The summed E-state index contributed by atoms with van der Waals surface area (Å²) in [6.45, 7) is 4.18. The second-order valence-corrected chi connectivity index (χ2v) is 4.49. The lowest BCUT2D eigenvalue weighted by Gasteiger charge is -2.40. The summed E-state index contributed by atoms with van der Waals surface area (Å²) in [6.07, 6.45) is 5.68. The van der Waals surface area contributed by atoms with Crippen LogP contribution in [0.25, 0.3) is 0 Å². The van der Waals surface area contributed by atoms with Crippen LogP contribution in [0.4, 0.5) is 0 Å². The monoisotopic (exact) mass is 198 g/mol. The Labute approximate surface area is 86.7 Å². The van der Waals surface area contributed by atoms with Gasteiger partial charge < -0.3 is 5.11 Å². The summed E-state index contributed by atoms with van der Waals surface area (Å²) in [7, 11) is 0. The van der Waals surface area contributed by atoms with Gasteiger partial charge in [0.15, 0.2) is 0 Å². The molecule has 1 aliphatic rings. The van der Waals surface area contributed by atoms with E-state index in [1.54, 1.807) is 0 Å². The van der Waals surface area contributed by atoms with Gasteiger partial charge in [0, 0.05) is 6.42 Å². The molecule has 0 aromatic carbocycles. The molecule has 1 N–H and O–H groups in total. The maximum absolute atomic E-state index is 11.9. The smallest absolute Gasteiger partial charge is 0.141 e. The maximum atomic E-state index is 11.9. The van der Waals surface area contributed by atoms with Crippen LogP contribution in [0.15, 0.2) is 0 Å².